The van der Waals surface area contributed by atoms with Crippen LogP contribution in [0.4, 0.5) is 18.9 Å². The summed E-state index contributed by atoms with van der Waals surface area (Å²) in [5, 5.41) is 5.86. The minimum Gasteiger partial charge on any atom is -0.323 e. The van der Waals surface area contributed by atoms with Gasteiger partial charge in [-0.1, -0.05) is 17.7 Å². The Morgan fingerprint density at radius 1 is 1.12 bits per heavy atom. The molecule has 4 N–H and O–H groups in total. The summed E-state index contributed by atoms with van der Waals surface area (Å²) >= 11 is 5.84. The predicted octanol–water partition coefficient (Wildman–Crippen LogP) is 3.34. The molecular formula is C28H30ClF3N6O3S. The average Bonchev–Trinajstić information content (AvgIpc) is 3.06. The van der Waals surface area contributed by atoms with E-state index in [0.717, 1.165) is 30.9 Å². The van der Waals surface area contributed by atoms with E-state index in [0.29, 0.717) is 25.9 Å². The highest BCUT2D eigenvalue weighted by Crippen LogP contribution is 2.31. The zero-order valence-electron chi connectivity index (χ0n) is 22.4. The summed E-state index contributed by atoms with van der Waals surface area (Å²) in [6.07, 6.45) is 6.36. The maximum absolute atomic E-state index is 15.0. The smallest absolute Gasteiger partial charge is 0.242 e. The fourth-order valence-corrected chi connectivity index (χ4v) is 7.58. The van der Waals surface area contributed by atoms with E-state index in [-0.39, 0.29) is 51.7 Å². The minimum atomic E-state index is -3.43. The maximum atomic E-state index is 15.0. The first-order chi connectivity index (χ1) is 20.0. The van der Waals surface area contributed by atoms with Gasteiger partial charge in [-0.2, -0.15) is 4.31 Å². The number of hydrogen-bond donors (Lipinski definition) is 3. The summed E-state index contributed by atoms with van der Waals surface area (Å²) in [5.41, 5.74) is 7.06. The second kappa shape index (κ2) is 12.6. The van der Waals surface area contributed by atoms with Gasteiger partial charge >= 0.3 is 0 Å². The molecule has 1 aromatic carbocycles. The van der Waals surface area contributed by atoms with Crippen LogP contribution in [0.15, 0.2) is 49.1 Å². The van der Waals surface area contributed by atoms with Crippen LogP contribution in [-0.2, 0) is 21.2 Å². The largest absolute Gasteiger partial charge is 0.323 e. The van der Waals surface area contributed by atoms with E-state index in [4.69, 9.17) is 17.3 Å². The highest BCUT2D eigenvalue weighted by Gasteiger charge is 2.38. The second-order valence-corrected chi connectivity index (χ2v) is 13.0. The number of anilines is 1. The average molecular weight is 623 g/mol. The topological polar surface area (TPSA) is 130 Å². The first-order valence-corrected chi connectivity index (χ1v) is 15.5. The number of carbonyl (C=O) groups excluding carboxylic acids is 1. The molecule has 5 atom stereocenters. The molecule has 2 aromatic heterocycles. The minimum absolute atomic E-state index is 0.0641. The van der Waals surface area contributed by atoms with E-state index in [9.17, 15) is 22.0 Å². The Bertz CT molecular complexity index is 1580. The molecule has 14 heteroatoms. The Labute approximate surface area is 246 Å². The number of nitrogens with two attached hydrogens (primary N) is 1. The number of pyridine rings is 2. The molecule has 3 aromatic rings. The molecule has 9 nitrogen and oxygen atoms in total. The van der Waals surface area contributed by atoms with Gasteiger partial charge in [-0.05, 0) is 55.0 Å². The number of piperazine rings is 1. The SMILES string of the molecule is NC(C(=O)Nc1cncc(F)c1CC[C@H]1CN[C@@H]2CCCS(=O)(=O)N1C2)C(c1cncc(F)c1)c1ccc(Cl)c(F)c1. The van der Waals surface area contributed by atoms with Crippen molar-refractivity contribution in [2.24, 2.45) is 5.73 Å². The number of aromatic nitrogens is 2. The molecule has 2 aliphatic heterocycles. The Morgan fingerprint density at radius 2 is 1.90 bits per heavy atom. The van der Waals surface area contributed by atoms with Crippen molar-refractivity contribution in [3.8, 4) is 0 Å². The second-order valence-electron chi connectivity index (χ2n) is 10.6. The van der Waals surface area contributed by atoms with Crippen LogP contribution in [0.5, 0.6) is 0 Å². The van der Waals surface area contributed by atoms with Crippen molar-refractivity contribution in [2.75, 3.05) is 24.2 Å². The van der Waals surface area contributed by atoms with Gasteiger partial charge in [0.2, 0.25) is 15.9 Å². The van der Waals surface area contributed by atoms with E-state index >= 15 is 4.39 Å². The number of nitrogens with one attached hydrogen (secondary N) is 2. The summed E-state index contributed by atoms with van der Waals surface area (Å²) in [5.74, 6) is -3.81. The number of hydrogen-bond acceptors (Lipinski definition) is 7. The lowest BCUT2D eigenvalue weighted by Gasteiger charge is -2.37. The lowest BCUT2D eigenvalue weighted by atomic mass is 9.85. The molecule has 2 fully saturated rings. The number of amides is 1. The molecule has 0 saturated carbocycles. The highest BCUT2D eigenvalue weighted by molar-refractivity contribution is 7.89. The van der Waals surface area contributed by atoms with Gasteiger partial charge < -0.3 is 16.4 Å². The highest BCUT2D eigenvalue weighted by atomic mass is 35.5. The Kier molecular flexibility index (Phi) is 9.14. The zero-order valence-corrected chi connectivity index (χ0v) is 24.0. The van der Waals surface area contributed by atoms with Crippen molar-refractivity contribution in [3.63, 3.8) is 0 Å². The van der Waals surface area contributed by atoms with Crippen molar-refractivity contribution in [1.82, 2.24) is 19.6 Å². The Morgan fingerprint density at radius 3 is 2.67 bits per heavy atom. The van der Waals surface area contributed by atoms with Crippen LogP contribution in [0.1, 0.15) is 41.9 Å². The van der Waals surface area contributed by atoms with Gasteiger partial charge in [0.25, 0.3) is 0 Å². The van der Waals surface area contributed by atoms with Crippen molar-refractivity contribution in [2.45, 2.75) is 49.7 Å². The molecule has 0 radical (unpaired) electrons. The van der Waals surface area contributed by atoms with Gasteiger partial charge in [-0.25, -0.2) is 21.6 Å². The number of rotatable bonds is 8. The first kappa shape index (κ1) is 30.4. The van der Waals surface area contributed by atoms with Crippen LogP contribution >= 0.6 is 11.6 Å². The van der Waals surface area contributed by atoms with E-state index in [2.05, 4.69) is 20.6 Å². The third-order valence-electron chi connectivity index (χ3n) is 7.80. The van der Waals surface area contributed by atoms with Crippen LogP contribution in [0.3, 0.4) is 0 Å². The third kappa shape index (κ3) is 6.60. The summed E-state index contributed by atoms with van der Waals surface area (Å²) in [6, 6.07) is 3.36. The third-order valence-corrected chi connectivity index (χ3v) is 10.1. The zero-order chi connectivity index (χ0) is 30.0. The standard InChI is InChI=1S/C28H30ClF3N6O3S/c29-22-6-3-16(9-23(22)31)26(17-8-18(30)11-34-10-17)27(33)28(39)37-25-14-35-13-24(32)21(25)5-4-20-12-36-19-2-1-7-42(40,41)38(20)15-19/h3,6,8-11,13-14,19-20,26-27,36H,1-2,4-5,7,12,15,33H2,(H,37,39)/t19-,20+,26?,27?/m1/s1. The predicted molar refractivity (Wildman–Crippen MR) is 152 cm³/mol. The molecule has 3 unspecified atom stereocenters. The van der Waals surface area contributed by atoms with Crippen molar-refractivity contribution in [1.29, 1.82) is 0 Å². The lowest BCUT2D eigenvalue weighted by molar-refractivity contribution is -0.117. The molecule has 42 heavy (non-hydrogen) atoms. The van der Waals surface area contributed by atoms with E-state index in [1.54, 1.807) is 0 Å². The molecule has 4 heterocycles. The number of fused-ring (bicyclic) bond motifs is 2. The molecule has 2 bridgehead atoms. The summed E-state index contributed by atoms with van der Waals surface area (Å²) in [4.78, 5) is 21.1. The molecular weight excluding hydrogens is 593 g/mol. The van der Waals surface area contributed by atoms with Crippen molar-refractivity contribution >= 4 is 33.2 Å². The van der Waals surface area contributed by atoms with Gasteiger partial charge in [-0.3, -0.25) is 14.8 Å². The van der Waals surface area contributed by atoms with Crippen LogP contribution < -0.4 is 16.4 Å². The first-order valence-electron chi connectivity index (χ1n) is 13.5. The summed E-state index contributed by atoms with van der Waals surface area (Å²) in [7, 11) is -3.43. The van der Waals surface area contributed by atoms with Gasteiger partial charge in [-0.15, -0.1) is 0 Å². The molecule has 224 valence electrons. The van der Waals surface area contributed by atoms with Gasteiger partial charge in [0.15, 0.2) is 0 Å². The monoisotopic (exact) mass is 622 g/mol. The van der Waals surface area contributed by atoms with Crippen LogP contribution in [0.2, 0.25) is 5.02 Å². The fourth-order valence-electron chi connectivity index (χ4n) is 5.66. The molecule has 0 spiro atoms. The van der Waals surface area contributed by atoms with Gasteiger partial charge in [0.05, 0.1) is 41.1 Å². The Balaban J connectivity index is 1.38. The lowest BCUT2D eigenvalue weighted by Crippen LogP contribution is -2.57. The quantitative estimate of drug-likeness (QED) is 0.351. The van der Waals surface area contributed by atoms with Crippen molar-refractivity contribution < 1.29 is 26.4 Å². The van der Waals surface area contributed by atoms with E-state index < -0.39 is 45.3 Å². The van der Waals surface area contributed by atoms with Crippen LogP contribution in [-0.4, -0.2) is 65.6 Å². The number of nitrogens with zero attached hydrogens (tertiary/aromatic N) is 3. The van der Waals surface area contributed by atoms with Crippen molar-refractivity contribution in [3.05, 3.63) is 88.2 Å². The number of carbonyl (C=O) groups is 1. The normalized spacial score (nSPS) is 23.0. The fraction of sp³-hybridized carbons (Fsp3) is 0.393. The molecule has 1 amide bonds. The summed E-state index contributed by atoms with van der Waals surface area (Å²) < 4.78 is 70.7. The Hall–Kier alpha value is -3.10. The van der Waals surface area contributed by atoms with E-state index in [1.165, 1.54) is 28.8 Å². The number of halogens is 4. The van der Waals surface area contributed by atoms with E-state index in [1.807, 2.05) is 0 Å². The summed E-state index contributed by atoms with van der Waals surface area (Å²) in [6.45, 7) is 0.802. The van der Waals surface area contributed by atoms with Crippen LogP contribution in [0.25, 0.3) is 0 Å². The maximum Gasteiger partial charge on any atom is 0.242 e. The molecule has 2 saturated heterocycles. The molecule has 0 aliphatic carbocycles. The van der Waals surface area contributed by atoms with Gasteiger partial charge in [0, 0.05) is 42.9 Å². The number of benzene rings is 1. The van der Waals surface area contributed by atoms with Crippen LogP contribution in [0, 0.1) is 17.5 Å². The molecule has 2 aliphatic rings. The molecule has 5 rings (SSSR count). The van der Waals surface area contributed by atoms with Gasteiger partial charge in [0.1, 0.15) is 17.5 Å². The number of sulfonamides is 1.